The number of rotatable bonds is 3. The van der Waals surface area contributed by atoms with Crippen molar-refractivity contribution in [2.24, 2.45) is 0 Å². The first-order chi connectivity index (χ1) is 8.47. The number of carbonyl (C=O) groups is 1. The molecule has 1 aromatic carbocycles. The van der Waals surface area contributed by atoms with Gasteiger partial charge >= 0.3 is 5.97 Å². The normalized spacial score (nSPS) is 10.6. The molecule has 94 valence electrons. The Balaban J connectivity index is 2.34. The number of nitrogens with zero attached hydrogens (tertiary/aromatic N) is 1. The summed E-state index contributed by atoms with van der Waals surface area (Å²) in [5.41, 5.74) is 0.238. The number of carboxylic acid groups (broad SMARTS) is 1. The lowest BCUT2D eigenvalue weighted by molar-refractivity contribution is 0.0697. The molecule has 1 heterocycles. The maximum absolute atomic E-state index is 13.4. The first-order valence-corrected chi connectivity index (χ1v) is 5.79. The van der Waals surface area contributed by atoms with Crippen molar-refractivity contribution in [3.05, 3.63) is 57.8 Å². The Bertz CT molecular complexity index is 610. The standard InChI is InChI=1S/C12H8BrF2NO2/c13-11-4-8(12(17)18)6-16(11)5-7-3-9(14)1-2-10(7)15/h1-4,6H,5H2,(H,17,18). The van der Waals surface area contributed by atoms with Gasteiger partial charge in [0.05, 0.1) is 16.7 Å². The third-order valence-electron chi connectivity index (χ3n) is 2.44. The summed E-state index contributed by atoms with van der Waals surface area (Å²) in [6, 6.07) is 4.56. The van der Waals surface area contributed by atoms with Crippen molar-refractivity contribution in [3.8, 4) is 0 Å². The highest BCUT2D eigenvalue weighted by molar-refractivity contribution is 9.10. The summed E-state index contributed by atoms with van der Waals surface area (Å²) in [7, 11) is 0. The van der Waals surface area contributed by atoms with Crippen LogP contribution >= 0.6 is 15.9 Å². The number of carboxylic acids is 1. The molecule has 0 unspecified atom stereocenters. The van der Waals surface area contributed by atoms with Gasteiger partial charge in [-0.25, -0.2) is 13.6 Å². The lowest BCUT2D eigenvalue weighted by Gasteiger charge is -2.06. The van der Waals surface area contributed by atoms with Crippen molar-refractivity contribution in [2.45, 2.75) is 6.54 Å². The van der Waals surface area contributed by atoms with Gasteiger partial charge in [-0.05, 0) is 40.2 Å². The fourth-order valence-corrected chi connectivity index (χ4v) is 2.04. The lowest BCUT2D eigenvalue weighted by atomic mass is 10.2. The summed E-state index contributed by atoms with van der Waals surface area (Å²) in [5.74, 6) is -2.14. The van der Waals surface area contributed by atoms with Crippen LogP contribution in [-0.2, 0) is 6.54 Å². The molecule has 3 nitrogen and oxygen atoms in total. The zero-order chi connectivity index (χ0) is 13.3. The highest BCUT2D eigenvalue weighted by Crippen LogP contribution is 2.19. The maximum Gasteiger partial charge on any atom is 0.337 e. The average molecular weight is 316 g/mol. The van der Waals surface area contributed by atoms with Crippen LogP contribution in [0.1, 0.15) is 15.9 Å². The molecular weight excluding hydrogens is 308 g/mol. The van der Waals surface area contributed by atoms with E-state index in [9.17, 15) is 13.6 Å². The molecule has 0 amide bonds. The number of hydrogen-bond donors (Lipinski definition) is 1. The van der Waals surface area contributed by atoms with E-state index in [0.717, 1.165) is 18.2 Å². The number of hydrogen-bond acceptors (Lipinski definition) is 1. The minimum atomic E-state index is -1.07. The van der Waals surface area contributed by atoms with Crippen LogP contribution in [0.25, 0.3) is 0 Å². The van der Waals surface area contributed by atoms with E-state index >= 15 is 0 Å². The molecule has 2 aromatic rings. The molecular formula is C12H8BrF2NO2. The van der Waals surface area contributed by atoms with Crippen molar-refractivity contribution in [3.63, 3.8) is 0 Å². The van der Waals surface area contributed by atoms with Crippen LogP contribution in [0.2, 0.25) is 0 Å². The largest absolute Gasteiger partial charge is 0.478 e. The molecule has 0 spiro atoms. The molecule has 18 heavy (non-hydrogen) atoms. The molecule has 0 fully saturated rings. The van der Waals surface area contributed by atoms with Gasteiger partial charge in [-0.2, -0.15) is 0 Å². The smallest absolute Gasteiger partial charge is 0.337 e. The van der Waals surface area contributed by atoms with Gasteiger partial charge < -0.3 is 9.67 Å². The van der Waals surface area contributed by atoms with E-state index in [1.807, 2.05) is 0 Å². The zero-order valence-corrected chi connectivity index (χ0v) is 10.6. The summed E-state index contributed by atoms with van der Waals surface area (Å²) < 4.78 is 28.4. The van der Waals surface area contributed by atoms with E-state index in [-0.39, 0.29) is 17.7 Å². The highest BCUT2D eigenvalue weighted by Gasteiger charge is 2.11. The second-order valence-corrected chi connectivity index (χ2v) is 4.53. The number of benzene rings is 1. The van der Waals surface area contributed by atoms with Crippen molar-refractivity contribution >= 4 is 21.9 Å². The lowest BCUT2D eigenvalue weighted by Crippen LogP contribution is -2.02. The van der Waals surface area contributed by atoms with Crippen LogP contribution in [0.3, 0.4) is 0 Å². The summed E-state index contributed by atoms with van der Waals surface area (Å²) in [5, 5.41) is 8.82. The third-order valence-corrected chi connectivity index (χ3v) is 3.12. The second kappa shape index (κ2) is 4.89. The van der Waals surface area contributed by atoms with Gasteiger partial charge in [-0.1, -0.05) is 0 Å². The molecule has 0 saturated carbocycles. The van der Waals surface area contributed by atoms with E-state index in [1.165, 1.54) is 16.8 Å². The predicted octanol–water partition coefficient (Wildman–Crippen LogP) is 3.28. The van der Waals surface area contributed by atoms with Crippen molar-refractivity contribution in [1.29, 1.82) is 0 Å². The third kappa shape index (κ3) is 2.59. The van der Waals surface area contributed by atoms with E-state index in [2.05, 4.69) is 15.9 Å². The van der Waals surface area contributed by atoms with Gasteiger partial charge in [0, 0.05) is 11.8 Å². The molecule has 1 N–H and O–H groups in total. The molecule has 0 aliphatic heterocycles. The zero-order valence-electron chi connectivity index (χ0n) is 9.03. The van der Waals surface area contributed by atoms with E-state index in [4.69, 9.17) is 5.11 Å². The van der Waals surface area contributed by atoms with E-state index in [1.54, 1.807) is 0 Å². The van der Waals surface area contributed by atoms with E-state index < -0.39 is 17.6 Å². The predicted molar refractivity (Wildman–Crippen MR) is 64.6 cm³/mol. The van der Waals surface area contributed by atoms with Gasteiger partial charge in [0.25, 0.3) is 0 Å². The topological polar surface area (TPSA) is 42.2 Å². The fraction of sp³-hybridized carbons (Fsp3) is 0.0833. The van der Waals surface area contributed by atoms with Gasteiger partial charge in [-0.15, -0.1) is 0 Å². The summed E-state index contributed by atoms with van der Waals surface area (Å²) in [4.78, 5) is 10.8. The Morgan fingerprint density at radius 1 is 1.33 bits per heavy atom. The van der Waals surface area contributed by atoms with Crippen molar-refractivity contribution in [2.75, 3.05) is 0 Å². The summed E-state index contributed by atoms with van der Waals surface area (Å²) in [6.45, 7) is 0.0530. The SMILES string of the molecule is O=C(O)c1cc(Br)n(Cc2cc(F)ccc2F)c1. The van der Waals surface area contributed by atoms with Crippen LogP contribution in [0.4, 0.5) is 8.78 Å². The van der Waals surface area contributed by atoms with Crippen LogP contribution in [0.15, 0.2) is 35.1 Å². The molecule has 6 heteroatoms. The molecule has 0 radical (unpaired) electrons. The van der Waals surface area contributed by atoms with Gasteiger partial charge in [0.15, 0.2) is 0 Å². The number of halogens is 3. The van der Waals surface area contributed by atoms with Gasteiger partial charge in [0.2, 0.25) is 0 Å². The average Bonchev–Trinajstić information content (AvgIpc) is 2.66. The van der Waals surface area contributed by atoms with Crippen molar-refractivity contribution in [1.82, 2.24) is 4.57 Å². The molecule has 0 saturated heterocycles. The monoisotopic (exact) mass is 315 g/mol. The van der Waals surface area contributed by atoms with Gasteiger partial charge in [0.1, 0.15) is 11.6 Å². The molecule has 2 rings (SSSR count). The van der Waals surface area contributed by atoms with Gasteiger partial charge in [-0.3, -0.25) is 0 Å². The van der Waals surface area contributed by atoms with Crippen molar-refractivity contribution < 1.29 is 18.7 Å². The molecule has 0 aliphatic rings. The Kier molecular flexibility index (Phi) is 3.47. The Hall–Kier alpha value is -1.69. The highest BCUT2D eigenvalue weighted by atomic mass is 79.9. The van der Waals surface area contributed by atoms with E-state index in [0.29, 0.717) is 4.60 Å². The number of aromatic nitrogens is 1. The fourth-order valence-electron chi connectivity index (χ4n) is 1.56. The molecule has 0 bridgehead atoms. The van der Waals surface area contributed by atoms with Crippen LogP contribution in [0, 0.1) is 11.6 Å². The minimum Gasteiger partial charge on any atom is -0.478 e. The molecule has 0 atom stereocenters. The second-order valence-electron chi connectivity index (χ2n) is 3.72. The summed E-state index contributed by atoms with van der Waals surface area (Å²) >= 11 is 3.17. The van der Waals surface area contributed by atoms with Crippen LogP contribution < -0.4 is 0 Å². The summed E-state index contributed by atoms with van der Waals surface area (Å²) in [6.07, 6.45) is 1.36. The maximum atomic E-state index is 13.4. The molecule has 0 aliphatic carbocycles. The first-order valence-electron chi connectivity index (χ1n) is 5.00. The first kappa shape index (κ1) is 12.8. The number of aromatic carboxylic acids is 1. The molecule has 1 aromatic heterocycles. The van der Waals surface area contributed by atoms with Crippen LogP contribution in [-0.4, -0.2) is 15.6 Å². The Morgan fingerprint density at radius 2 is 2.06 bits per heavy atom. The quantitative estimate of drug-likeness (QED) is 0.944. The Labute approximate surface area is 110 Å². The Morgan fingerprint density at radius 3 is 2.67 bits per heavy atom. The minimum absolute atomic E-state index is 0.0530. The van der Waals surface area contributed by atoms with Crippen LogP contribution in [0.5, 0.6) is 0 Å².